The number of anilines is 1. The van der Waals surface area contributed by atoms with Gasteiger partial charge >= 0.3 is 0 Å². The number of hydrogen-bond acceptors (Lipinski definition) is 3. The predicted octanol–water partition coefficient (Wildman–Crippen LogP) is 3.67. The van der Waals surface area contributed by atoms with Gasteiger partial charge in [0.15, 0.2) is 0 Å². The standard InChI is InChI=1S/C16H23N3/c1-12-9-13(11-17)10-15(18-12)19(4)14-5-7-16(2,3)8-6-14/h9-10,14H,5-8H2,1-4H3. The molecule has 1 aliphatic carbocycles. The van der Waals surface area contributed by atoms with Gasteiger partial charge in [0.25, 0.3) is 0 Å². The molecule has 0 aromatic carbocycles. The van der Waals surface area contributed by atoms with E-state index in [1.807, 2.05) is 19.1 Å². The Balaban J connectivity index is 2.14. The van der Waals surface area contributed by atoms with Crippen molar-refractivity contribution < 1.29 is 0 Å². The SMILES string of the molecule is Cc1cc(C#N)cc(N(C)C2CCC(C)(C)CC2)n1. The van der Waals surface area contributed by atoms with Gasteiger partial charge in [-0.1, -0.05) is 13.8 Å². The topological polar surface area (TPSA) is 39.9 Å². The van der Waals surface area contributed by atoms with Crippen molar-refractivity contribution in [2.75, 3.05) is 11.9 Å². The average Bonchev–Trinajstić information content (AvgIpc) is 2.37. The molecule has 19 heavy (non-hydrogen) atoms. The van der Waals surface area contributed by atoms with Crippen molar-refractivity contribution in [2.24, 2.45) is 5.41 Å². The Hall–Kier alpha value is -1.56. The highest BCUT2D eigenvalue weighted by Gasteiger charge is 2.29. The molecule has 0 amide bonds. The number of nitriles is 1. The number of hydrogen-bond donors (Lipinski definition) is 0. The van der Waals surface area contributed by atoms with E-state index in [1.165, 1.54) is 25.7 Å². The van der Waals surface area contributed by atoms with Crippen molar-refractivity contribution in [3.05, 3.63) is 23.4 Å². The van der Waals surface area contributed by atoms with E-state index in [0.29, 0.717) is 17.0 Å². The summed E-state index contributed by atoms with van der Waals surface area (Å²) in [6.45, 7) is 6.64. The lowest BCUT2D eigenvalue weighted by Crippen LogP contribution is -2.37. The summed E-state index contributed by atoms with van der Waals surface area (Å²) in [6.07, 6.45) is 4.94. The molecule has 1 aliphatic rings. The van der Waals surface area contributed by atoms with E-state index < -0.39 is 0 Å². The highest BCUT2D eigenvalue weighted by Crippen LogP contribution is 2.37. The fourth-order valence-electron chi connectivity index (χ4n) is 2.85. The van der Waals surface area contributed by atoms with Gasteiger partial charge in [-0.2, -0.15) is 5.26 Å². The Morgan fingerprint density at radius 1 is 1.32 bits per heavy atom. The molecule has 3 heteroatoms. The highest BCUT2D eigenvalue weighted by atomic mass is 15.2. The molecule has 1 saturated carbocycles. The molecule has 102 valence electrons. The molecule has 0 atom stereocenters. The molecule has 0 unspecified atom stereocenters. The fraction of sp³-hybridized carbons (Fsp3) is 0.625. The number of nitrogens with zero attached hydrogens (tertiary/aromatic N) is 3. The van der Waals surface area contributed by atoms with Crippen molar-refractivity contribution in [3.63, 3.8) is 0 Å². The van der Waals surface area contributed by atoms with Gasteiger partial charge in [0, 0.05) is 18.8 Å². The van der Waals surface area contributed by atoms with Crippen molar-refractivity contribution in [2.45, 2.75) is 52.5 Å². The van der Waals surface area contributed by atoms with Crippen LogP contribution >= 0.6 is 0 Å². The zero-order valence-corrected chi connectivity index (χ0v) is 12.4. The molecular weight excluding hydrogens is 234 g/mol. The third kappa shape index (κ3) is 3.26. The Labute approximate surface area is 116 Å². The largest absolute Gasteiger partial charge is 0.357 e. The molecular formula is C16H23N3. The van der Waals surface area contributed by atoms with Crippen LogP contribution in [0.2, 0.25) is 0 Å². The van der Waals surface area contributed by atoms with Gasteiger partial charge in [0.05, 0.1) is 11.6 Å². The van der Waals surface area contributed by atoms with Gasteiger partial charge in [-0.3, -0.25) is 0 Å². The summed E-state index contributed by atoms with van der Waals surface area (Å²) in [6, 6.07) is 6.49. The second-order valence-corrected chi connectivity index (χ2v) is 6.47. The Bertz CT molecular complexity index is 489. The monoisotopic (exact) mass is 257 g/mol. The van der Waals surface area contributed by atoms with Gasteiger partial charge in [-0.15, -0.1) is 0 Å². The quantitative estimate of drug-likeness (QED) is 0.811. The molecule has 0 radical (unpaired) electrons. The minimum Gasteiger partial charge on any atom is -0.357 e. The summed E-state index contributed by atoms with van der Waals surface area (Å²) in [5, 5.41) is 9.05. The first-order chi connectivity index (χ1) is 8.91. The minimum absolute atomic E-state index is 0.481. The first-order valence-corrected chi connectivity index (χ1v) is 7.03. The van der Waals surface area contributed by atoms with Gasteiger partial charge in [-0.05, 0) is 50.2 Å². The molecule has 1 aromatic heterocycles. The molecule has 0 saturated heterocycles. The second kappa shape index (κ2) is 5.21. The number of aryl methyl sites for hydroxylation is 1. The molecule has 3 nitrogen and oxygen atoms in total. The van der Waals surface area contributed by atoms with Crippen molar-refractivity contribution >= 4 is 5.82 Å². The van der Waals surface area contributed by atoms with Gasteiger partial charge in [0.2, 0.25) is 0 Å². The first kappa shape index (κ1) is 13.9. The van der Waals surface area contributed by atoms with Crippen molar-refractivity contribution in [3.8, 4) is 6.07 Å². The Kier molecular flexibility index (Phi) is 3.80. The van der Waals surface area contributed by atoms with E-state index in [9.17, 15) is 0 Å². The van der Waals surface area contributed by atoms with Crippen LogP contribution in [0.3, 0.4) is 0 Å². The van der Waals surface area contributed by atoms with Crippen LogP contribution in [0.4, 0.5) is 5.82 Å². The summed E-state index contributed by atoms with van der Waals surface area (Å²) >= 11 is 0. The molecule has 0 aliphatic heterocycles. The van der Waals surface area contributed by atoms with Crippen LogP contribution in [0.15, 0.2) is 12.1 Å². The van der Waals surface area contributed by atoms with E-state index in [2.05, 4.69) is 36.8 Å². The van der Waals surface area contributed by atoms with Crippen LogP contribution in [-0.2, 0) is 0 Å². The van der Waals surface area contributed by atoms with Crippen molar-refractivity contribution in [1.82, 2.24) is 4.98 Å². The van der Waals surface area contributed by atoms with Crippen LogP contribution in [0.5, 0.6) is 0 Å². The number of pyridine rings is 1. The number of aromatic nitrogens is 1. The van der Waals surface area contributed by atoms with Gasteiger partial charge < -0.3 is 4.90 Å². The maximum Gasteiger partial charge on any atom is 0.130 e. The predicted molar refractivity (Wildman–Crippen MR) is 78.1 cm³/mol. The summed E-state index contributed by atoms with van der Waals surface area (Å²) in [7, 11) is 2.10. The van der Waals surface area contributed by atoms with E-state index in [0.717, 1.165) is 11.5 Å². The maximum absolute atomic E-state index is 9.05. The maximum atomic E-state index is 9.05. The molecule has 1 aromatic rings. The van der Waals surface area contributed by atoms with Gasteiger partial charge in [0.1, 0.15) is 5.82 Å². The van der Waals surface area contributed by atoms with Crippen LogP contribution in [0, 0.1) is 23.7 Å². The first-order valence-electron chi connectivity index (χ1n) is 7.03. The van der Waals surface area contributed by atoms with Crippen LogP contribution < -0.4 is 4.90 Å². The van der Waals surface area contributed by atoms with E-state index >= 15 is 0 Å². The molecule has 1 heterocycles. The van der Waals surface area contributed by atoms with Gasteiger partial charge in [-0.25, -0.2) is 4.98 Å². The molecule has 0 bridgehead atoms. The highest BCUT2D eigenvalue weighted by molar-refractivity contribution is 5.46. The molecule has 1 fully saturated rings. The Morgan fingerprint density at radius 2 is 1.95 bits per heavy atom. The third-order valence-corrected chi connectivity index (χ3v) is 4.29. The molecule has 0 spiro atoms. The van der Waals surface area contributed by atoms with E-state index in [1.54, 1.807) is 0 Å². The Morgan fingerprint density at radius 3 is 2.53 bits per heavy atom. The van der Waals surface area contributed by atoms with Crippen LogP contribution in [0.1, 0.15) is 50.8 Å². The zero-order chi connectivity index (χ0) is 14.0. The number of rotatable bonds is 2. The average molecular weight is 257 g/mol. The second-order valence-electron chi connectivity index (χ2n) is 6.47. The lowest BCUT2D eigenvalue weighted by Gasteiger charge is -2.39. The lowest BCUT2D eigenvalue weighted by atomic mass is 9.75. The normalized spacial score (nSPS) is 18.9. The van der Waals surface area contributed by atoms with Crippen LogP contribution in [-0.4, -0.2) is 18.1 Å². The van der Waals surface area contributed by atoms with E-state index in [-0.39, 0.29) is 0 Å². The zero-order valence-electron chi connectivity index (χ0n) is 12.4. The summed E-state index contributed by atoms with van der Waals surface area (Å²) < 4.78 is 0. The van der Waals surface area contributed by atoms with Crippen LogP contribution in [0.25, 0.3) is 0 Å². The summed E-state index contributed by atoms with van der Waals surface area (Å²) in [5.74, 6) is 0.932. The molecule has 0 N–H and O–H groups in total. The third-order valence-electron chi connectivity index (χ3n) is 4.29. The molecule has 2 rings (SSSR count). The van der Waals surface area contributed by atoms with Crippen molar-refractivity contribution in [1.29, 1.82) is 5.26 Å². The smallest absolute Gasteiger partial charge is 0.130 e. The summed E-state index contributed by atoms with van der Waals surface area (Å²) in [4.78, 5) is 6.82. The minimum atomic E-state index is 0.481. The fourth-order valence-corrected chi connectivity index (χ4v) is 2.85. The summed E-state index contributed by atoms with van der Waals surface area (Å²) in [5.41, 5.74) is 2.09. The van der Waals surface area contributed by atoms with E-state index in [4.69, 9.17) is 5.26 Å². The lowest BCUT2D eigenvalue weighted by molar-refractivity contribution is 0.222.